The van der Waals surface area contributed by atoms with Crippen LogP contribution in [0.1, 0.15) is 15.9 Å². The first-order valence-electron chi connectivity index (χ1n) is 7.40. The highest BCUT2D eigenvalue weighted by molar-refractivity contribution is 5.98. The van der Waals surface area contributed by atoms with Gasteiger partial charge in [0.2, 0.25) is 0 Å². The molecule has 134 valence electrons. The molecule has 1 amide bonds. The number of phenolic OH excluding ortho intramolecular Hbond substituents is 1. The number of carboxylic acids is 2. The molecule has 0 bridgehead atoms. The van der Waals surface area contributed by atoms with E-state index in [4.69, 9.17) is 10.2 Å². The fourth-order valence-electron chi connectivity index (χ4n) is 1.99. The summed E-state index contributed by atoms with van der Waals surface area (Å²) in [6, 6.07) is 10.4. The van der Waals surface area contributed by atoms with Crippen LogP contribution in [-0.2, 0) is 16.0 Å². The maximum absolute atomic E-state index is 11.9. The molecule has 0 radical (unpaired) electrons. The number of carbonyl (C=O) groups excluding carboxylic acids is 1. The molecule has 0 atom stereocenters. The Hall–Kier alpha value is -3.75. The summed E-state index contributed by atoms with van der Waals surface area (Å²) in [5, 5.41) is 37.1. The normalized spacial score (nSPS) is 10.6. The van der Waals surface area contributed by atoms with Gasteiger partial charge in [0.1, 0.15) is 12.3 Å². The monoisotopic (exact) mass is 357 g/mol. The van der Waals surface area contributed by atoms with Crippen LogP contribution >= 0.6 is 0 Å². The van der Waals surface area contributed by atoms with Crippen LogP contribution in [0.15, 0.2) is 52.7 Å². The molecule has 0 spiro atoms. The Morgan fingerprint density at radius 3 is 2.12 bits per heavy atom. The van der Waals surface area contributed by atoms with E-state index in [1.807, 2.05) is 0 Å². The number of nitrogens with one attached hydrogen (secondary N) is 1. The number of amides is 1. The van der Waals surface area contributed by atoms with Crippen LogP contribution in [-0.4, -0.2) is 39.7 Å². The Morgan fingerprint density at radius 2 is 1.50 bits per heavy atom. The van der Waals surface area contributed by atoms with Gasteiger partial charge >= 0.3 is 11.9 Å². The highest BCUT2D eigenvalue weighted by Gasteiger charge is 2.13. The van der Waals surface area contributed by atoms with Crippen LogP contribution in [0.25, 0.3) is 0 Å². The SMILES string of the molecule is O=C(O)CNC(=O)c1cc(N=Nc2ccc(CC(=O)O)cc2)ccc1O. The smallest absolute Gasteiger partial charge is 0.322 e. The maximum Gasteiger partial charge on any atom is 0.322 e. The van der Waals surface area contributed by atoms with Gasteiger partial charge in [0.25, 0.3) is 5.91 Å². The fraction of sp³-hybridized carbons (Fsp3) is 0.118. The van der Waals surface area contributed by atoms with Crippen molar-refractivity contribution in [3.8, 4) is 5.75 Å². The summed E-state index contributed by atoms with van der Waals surface area (Å²) in [6.07, 6.45) is -0.0931. The summed E-state index contributed by atoms with van der Waals surface area (Å²) in [7, 11) is 0. The van der Waals surface area contributed by atoms with E-state index in [9.17, 15) is 19.5 Å². The van der Waals surface area contributed by atoms with Gasteiger partial charge in [-0.25, -0.2) is 0 Å². The quantitative estimate of drug-likeness (QED) is 0.558. The van der Waals surface area contributed by atoms with Gasteiger partial charge < -0.3 is 20.6 Å². The minimum Gasteiger partial charge on any atom is -0.507 e. The molecule has 4 N–H and O–H groups in total. The summed E-state index contributed by atoms with van der Waals surface area (Å²) in [5.41, 5.74) is 1.25. The number of benzene rings is 2. The summed E-state index contributed by atoms with van der Waals surface area (Å²) < 4.78 is 0. The molecule has 0 aliphatic heterocycles. The predicted octanol–water partition coefficient (Wildman–Crippen LogP) is 2.25. The molecule has 9 heteroatoms. The Labute approximate surface area is 147 Å². The van der Waals surface area contributed by atoms with E-state index >= 15 is 0 Å². The average Bonchev–Trinajstić information content (AvgIpc) is 2.59. The van der Waals surface area contributed by atoms with Crippen molar-refractivity contribution in [1.82, 2.24) is 5.32 Å². The molecular weight excluding hydrogens is 342 g/mol. The molecule has 0 aromatic heterocycles. The van der Waals surface area contributed by atoms with Crippen LogP contribution < -0.4 is 5.32 Å². The third kappa shape index (κ3) is 5.41. The lowest BCUT2D eigenvalue weighted by Gasteiger charge is -2.05. The standard InChI is InChI=1S/C17H15N3O6/c21-14-6-5-12(8-13(14)17(26)18-9-16(24)25)20-19-11-3-1-10(2-4-11)7-15(22)23/h1-6,8,21H,7,9H2,(H,18,26)(H,22,23)(H,24,25). The second-order valence-electron chi connectivity index (χ2n) is 5.21. The predicted molar refractivity (Wildman–Crippen MR) is 90.0 cm³/mol. The van der Waals surface area contributed by atoms with Crippen molar-refractivity contribution >= 4 is 29.2 Å². The third-order valence-corrected chi connectivity index (χ3v) is 3.20. The zero-order valence-electron chi connectivity index (χ0n) is 13.4. The van der Waals surface area contributed by atoms with Gasteiger partial charge in [-0.15, -0.1) is 0 Å². The first kappa shape index (κ1) is 18.6. The van der Waals surface area contributed by atoms with Crippen molar-refractivity contribution in [3.63, 3.8) is 0 Å². The van der Waals surface area contributed by atoms with Crippen LogP contribution in [0.3, 0.4) is 0 Å². The van der Waals surface area contributed by atoms with E-state index in [1.54, 1.807) is 24.3 Å². The maximum atomic E-state index is 11.9. The molecule has 9 nitrogen and oxygen atoms in total. The fourth-order valence-corrected chi connectivity index (χ4v) is 1.99. The van der Waals surface area contributed by atoms with Gasteiger partial charge in [-0.3, -0.25) is 14.4 Å². The van der Waals surface area contributed by atoms with Crippen molar-refractivity contribution in [1.29, 1.82) is 0 Å². The molecule has 0 fully saturated rings. The van der Waals surface area contributed by atoms with E-state index in [-0.39, 0.29) is 23.4 Å². The number of rotatable bonds is 7. The minimum absolute atomic E-state index is 0.0931. The molecular formula is C17H15N3O6. The zero-order chi connectivity index (χ0) is 19.1. The largest absolute Gasteiger partial charge is 0.507 e. The van der Waals surface area contributed by atoms with Crippen molar-refractivity contribution in [2.24, 2.45) is 10.2 Å². The zero-order valence-corrected chi connectivity index (χ0v) is 13.4. The second-order valence-corrected chi connectivity index (χ2v) is 5.21. The van der Waals surface area contributed by atoms with Crippen molar-refractivity contribution in [3.05, 3.63) is 53.6 Å². The molecule has 0 unspecified atom stereocenters. The Kier molecular flexibility index (Phi) is 5.99. The van der Waals surface area contributed by atoms with Gasteiger partial charge in [0.15, 0.2) is 0 Å². The number of aliphatic carboxylic acids is 2. The lowest BCUT2D eigenvalue weighted by Crippen LogP contribution is -2.29. The first-order chi connectivity index (χ1) is 12.3. The van der Waals surface area contributed by atoms with E-state index in [0.717, 1.165) is 0 Å². The number of hydrogen-bond donors (Lipinski definition) is 4. The van der Waals surface area contributed by atoms with Gasteiger partial charge in [0, 0.05) is 0 Å². The molecule has 2 aromatic rings. The van der Waals surface area contributed by atoms with Gasteiger partial charge in [-0.1, -0.05) is 12.1 Å². The molecule has 2 rings (SSSR count). The lowest BCUT2D eigenvalue weighted by atomic mass is 10.1. The van der Waals surface area contributed by atoms with E-state index in [1.165, 1.54) is 18.2 Å². The summed E-state index contributed by atoms with van der Waals surface area (Å²) in [6.45, 7) is -0.577. The van der Waals surface area contributed by atoms with E-state index in [2.05, 4.69) is 15.5 Å². The summed E-state index contributed by atoms with van der Waals surface area (Å²) >= 11 is 0. The molecule has 2 aromatic carbocycles. The molecule has 0 saturated carbocycles. The number of aromatic hydroxyl groups is 1. The Bertz CT molecular complexity index is 861. The molecule has 0 saturated heterocycles. The number of phenols is 1. The summed E-state index contributed by atoms with van der Waals surface area (Å²) in [4.78, 5) is 33.0. The average molecular weight is 357 g/mol. The van der Waals surface area contributed by atoms with Crippen molar-refractivity contribution in [2.45, 2.75) is 6.42 Å². The molecule has 26 heavy (non-hydrogen) atoms. The number of hydrogen-bond acceptors (Lipinski definition) is 6. The third-order valence-electron chi connectivity index (χ3n) is 3.20. The minimum atomic E-state index is -1.21. The van der Waals surface area contributed by atoms with Crippen LogP contribution in [0, 0.1) is 0 Å². The van der Waals surface area contributed by atoms with Gasteiger partial charge in [-0.05, 0) is 35.9 Å². The topological polar surface area (TPSA) is 149 Å². The van der Waals surface area contributed by atoms with Gasteiger partial charge in [0.05, 0.1) is 23.4 Å². The highest BCUT2D eigenvalue weighted by atomic mass is 16.4. The van der Waals surface area contributed by atoms with Crippen molar-refractivity contribution < 1.29 is 29.7 Å². The molecule has 0 aliphatic carbocycles. The number of carbonyl (C=O) groups is 3. The second kappa shape index (κ2) is 8.38. The number of azo groups is 1. The Morgan fingerprint density at radius 1 is 0.885 bits per heavy atom. The number of carboxylic acid groups (broad SMARTS) is 2. The Balaban J connectivity index is 2.12. The number of nitrogens with zero attached hydrogens (tertiary/aromatic N) is 2. The van der Waals surface area contributed by atoms with Crippen LogP contribution in [0.2, 0.25) is 0 Å². The van der Waals surface area contributed by atoms with Crippen LogP contribution in [0.4, 0.5) is 11.4 Å². The van der Waals surface area contributed by atoms with Crippen molar-refractivity contribution in [2.75, 3.05) is 6.54 Å². The first-order valence-corrected chi connectivity index (χ1v) is 7.40. The van der Waals surface area contributed by atoms with E-state index < -0.39 is 24.4 Å². The summed E-state index contributed by atoms with van der Waals surface area (Å²) in [5.74, 6) is -3.21. The molecule has 0 aliphatic rings. The van der Waals surface area contributed by atoms with Gasteiger partial charge in [-0.2, -0.15) is 10.2 Å². The van der Waals surface area contributed by atoms with E-state index in [0.29, 0.717) is 11.3 Å². The molecule has 0 heterocycles. The highest BCUT2D eigenvalue weighted by Crippen LogP contribution is 2.25. The van der Waals surface area contributed by atoms with Crippen LogP contribution in [0.5, 0.6) is 5.75 Å². The lowest BCUT2D eigenvalue weighted by molar-refractivity contribution is -0.137.